The maximum Gasteiger partial charge on any atom is 0.233 e. The molecule has 3 N–H and O–H groups in total. The molecule has 0 bridgehead atoms. The molecule has 19 heavy (non-hydrogen) atoms. The summed E-state index contributed by atoms with van der Waals surface area (Å²) in [6.07, 6.45) is 2.30. The minimum absolute atomic E-state index is 0.104. The number of benzene rings is 1. The minimum atomic E-state index is -0.104. The Morgan fingerprint density at radius 2 is 2.11 bits per heavy atom. The van der Waals surface area contributed by atoms with Gasteiger partial charge in [0, 0.05) is 18.5 Å². The Balaban J connectivity index is 2.30. The first-order chi connectivity index (χ1) is 9.17. The van der Waals surface area contributed by atoms with E-state index in [0.29, 0.717) is 6.42 Å². The molecule has 1 rings (SSSR count). The van der Waals surface area contributed by atoms with E-state index in [0.717, 1.165) is 31.7 Å². The molecule has 0 aromatic heterocycles. The molecule has 0 spiro atoms. The van der Waals surface area contributed by atoms with Gasteiger partial charge in [0.05, 0.1) is 7.11 Å². The second-order valence-corrected chi connectivity index (χ2v) is 4.57. The fourth-order valence-electron chi connectivity index (χ4n) is 1.94. The van der Waals surface area contributed by atoms with Crippen molar-refractivity contribution in [1.82, 2.24) is 10.3 Å². The first-order valence-corrected chi connectivity index (χ1v) is 6.47. The lowest BCUT2D eigenvalue weighted by Crippen LogP contribution is -2.29. The van der Waals surface area contributed by atoms with Crippen LogP contribution in [0.25, 0.3) is 0 Å². The highest BCUT2D eigenvalue weighted by atomic mass is 16.5. The first-order valence-electron chi connectivity index (χ1n) is 6.47. The average molecular weight is 265 g/mol. The Bertz CT molecular complexity index is 396. The molecule has 0 fully saturated rings. The minimum Gasteiger partial charge on any atom is -0.496 e. The summed E-state index contributed by atoms with van der Waals surface area (Å²) in [5, 5.41) is 0. The van der Waals surface area contributed by atoms with Gasteiger partial charge < -0.3 is 9.64 Å². The molecular weight excluding hydrogens is 242 g/mol. The van der Waals surface area contributed by atoms with Crippen LogP contribution < -0.4 is 16.0 Å². The number of nitrogens with one attached hydrogen (secondary N) is 1. The number of hydrazine groups is 1. The lowest BCUT2D eigenvalue weighted by atomic mass is 10.1. The van der Waals surface area contributed by atoms with E-state index >= 15 is 0 Å². The van der Waals surface area contributed by atoms with E-state index in [4.69, 9.17) is 10.6 Å². The van der Waals surface area contributed by atoms with E-state index < -0.39 is 0 Å². The number of para-hydroxylation sites is 1. The number of hydrogen-bond acceptors (Lipinski definition) is 4. The third-order valence-corrected chi connectivity index (χ3v) is 2.99. The number of amides is 1. The van der Waals surface area contributed by atoms with Gasteiger partial charge in [0.1, 0.15) is 5.75 Å². The average Bonchev–Trinajstić information content (AvgIpc) is 2.43. The fourth-order valence-corrected chi connectivity index (χ4v) is 1.94. The molecule has 106 valence electrons. The molecule has 1 aromatic rings. The van der Waals surface area contributed by atoms with Gasteiger partial charge in [0.15, 0.2) is 0 Å². The molecule has 0 heterocycles. The van der Waals surface area contributed by atoms with Crippen LogP contribution in [0.5, 0.6) is 5.75 Å². The van der Waals surface area contributed by atoms with Gasteiger partial charge in [0.25, 0.3) is 0 Å². The first kappa shape index (κ1) is 15.5. The number of nitrogens with two attached hydrogens (primary N) is 1. The molecular formula is C14H23N3O2. The van der Waals surface area contributed by atoms with Gasteiger partial charge in [-0.15, -0.1) is 0 Å². The molecule has 0 aliphatic heterocycles. The third kappa shape index (κ3) is 5.72. The van der Waals surface area contributed by atoms with Crippen molar-refractivity contribution in [3.05, 3.63) is 29.8 Å². The fraction of sp³-hybridized carbons (Fsp3) is 0.500. The van der Waals surface area contributed by atoms with Gasteiger partial charge in [-0.2, -0.15) is 0 Å². The van der Waals surface area contributed by atoms with Crippen LogP contribution in [0.1, 0.15) is 24.8 Å². The van der Waals surface area contributed by atoms with Crippen molar-refractivity contribution in [1.29, 1.82) is 0 Å². The summed E-state index contributed by atoms with van der Waals surface area (Å²) in [6.45, 7) is 1.78. The number of nitrogens with zero attached hydrogens (tertiary/aromatic N) is 1. The van der Waals surface area contributed by atoms with Crippen LogP contribution in [0.4, 0.5) is 0 Å². The van der Waals surface area contributed by atoms with Crippen molar-refractivity contribution >= 4 is 5.91 Å². The van der Waals surface area contributed by atoms with E-state index in [1.54, 1.807) is 7.11 Å². The smallest absolute Gasteiger partial charge is 0.233 e. The second-order valence-electron chi connectivity index (χ2n) is 4.57. The molecule has 0 aliphatic rings. The molecule has 5 heteroatoms. The number of unbranched alkanes of at least 4 members (excludes halogenated alkanes) is 1. The highest BCUT2D eigenvalue weighted by Gasteiger charge is 2.06. The van der Waals surface area contributed by atoms with Crippen molar-refractivity contribution in [2.45, 2.75) is 25.8 Å². The number of ether oxygens (including phenoxy) is 1. The summed E-state index contributed by atoms with van der Waals surface area (Å²) < 4.78 is 5.32. The number of methoxy groups -OCH3 is 1. The second kappa shape index (κ2) is 8.50. The SMILES string of the molecule is COc1ccccc1CN(C)CCCCC(=O)NN. The van der Waals surface area contributed by atoms with E-state index in [9.17, 15) is 4.79 Å². The summed E-state index contributed by atoms with van der Waals surface area (Å²) in [5.41, 5.74) is 3.31. The zero-order chi connectivity index (χ0) is 14.1. The van der Waals surface area contributed by atoms with E-state index in [1.165, 1.54) is 5.56 Å². The van der Waals surface area contributed by atoms with Crippen molar-refractivity contribution in [2.75, 3.05) is 20.7 Å². The molecule has 0 saturated heterocycles. The largest absolute Gasteiger partial charge is 0.496 e. The maximum absolute atomic E-state index is 11.0. The number of hydrogen-bond donors (Lipinski definition) is 2. The molecule has 0 unspecified atom stereocenters. The van der Waals surface area contributed by atoms with Crippen LogP contribution in [0.2, 0.25) is 0 Å². The van der Waals surface area contributed by atoms with Gasteiger partial charge >= 0.3 is 0 Å². The Hall–Kier alpha value is -1.59. The molecule has 0 saturated carbocycles. The van der Waals surface area contributed by atoms with E-state index in [1.807, 2.05) is 18.2 Å². The van der Waals surface area contributed by atoms with Crippen LogP contribution in [-0.2, 0) is 11.3 Å². The van der Waals surface area contributed by atoms with Crippen molar-refractivity contribution in [3.8, 4) is 5.75 Å². The topological polar surface area (TPSA) is 67.6 Å². The molecule has 1 aromatic carbocycles. The summed E-state index contributed by atoms with van der Waals surface area (Å²) in [4.78, 5) is 13.2. The van der Waals surface area contributed by atoms with Crippen LogP contribution in [-0.4, -0.2) is 31.5 Å². The lowest BCUT2D eigenvalue weighted by molar-refractivity contribution is -0.121. The molecule has 0 atom stereocenters. The van der Waals surface area contributed by atoms with Gasteiger partial charge in [-0.1, -0.05) is 18.2 Å². The lowest BCUT2D eigenvalue weighted by Gasteiger charge is -2.18. The van der Waals surface area contributed by atoms with Crippen molar-refractivity contribution in [2.24, 2.45) is 5.84 Å². The highest BCUT2D eigenvalue weighted by Crippen LogP contribution is 2.18. The van der Waals surface area contributed by atoms with Crippen molar-refractivity contribution in [3.63, 3.8) is 0 Å². The summed E-state index contributed by atoms with van der Waals surface area (Å²) >= 11 is 0. The van der Waals surface area contributed by atoms with Gasteiger partial charge in [-0.05, 0) is 32.5 Å². The van der Waals surface area contributed by atoms with Crippen LogP contribution >= 0.6 is 0 Å². The quantitative estimate of drug-likeness (QED) is 0.322. The van der Waals surface area contributed by atoms with E-state index in [-0.39, 0.29) is 5.91 Å². The standard InChI is InChI=1S/C14H23N3O2/c1-17(10-6-5-9-14(18)16-15)11-12-7-3-4-8-13(12)19-2/h3-4,7-8H,5-6,9-11,15H2,1-2H3,(H,16,18). The van der Waals surface area contributed by atoms with Crippen LogP contribution in [0.15, 0.2) is 24.3 Å². The van der Waals surface area contributed by atoms with Gasteiger partial charge in [-0.25, -0.2) is 5.84 Å². The zero-order valence-corrected chi connectivity index (χ0v) is 11.7. The molecule has 0 radical (unpaired) electrons. The number of carbonyl (C=O) groups is 1. The van der Waals surface area contributed by atoms with Crippen LogP contribution in [0.3, 0.4) is 0 Å². The zero-order valence-electron chi connectivity index (χ0n) is 11.7. The molecule has 5 nitrogen and oxygen atoms in total. The summed E-state index contributed by atoms with van der Waals surface area (Å²) in [5.74, 6) is 5.83. The maximum atomic E-state index is 11.0. The van der Waals surface area contributed by atoms with Crippen molar-refractivity contribution < 1.29 is 9.53 Å². The predicted octanol–water partition coefficient (Wildman–Crippen LogP) is 1.29. The van der Waals surface area contributed by atoms with Gasteiger partial charge in [0.2, 0.25) is 5.91 Å². The Morgan fingerprint density at radius 1 is 1.37 bits per heavy atom. The summed E-state index contributed by atoms with van der Waals surface area (Å²) in [7, 11) is 3.75. The Labute approximate surface area is 114 Å². The predicted molar refractivity (Wildman–Crippen MR) is 75.5 cm³/mol. The monoisotopic (exact) mass is 265 g/mol. The number of rotatable bonds is 8. The molecule has 0 aliphatic carbocycles. The van der Waals surface area contributed by atoms with Gasteiger partial charge in [-0.3, -0.25) is 10.2 Å². The normalized spacial score (nSPS) is 10.5. The molecule has 1 amide bonds. The summed E-state index contributed by atoms with van der Waals surface area (Å²) in [6, 6.07) is 8.01. The highest BCUT2D eigenvalue weighted by molar-refractivity contribution is 5.75. The van der Waals surface area contributed by atoms with E-state index in [2.05, 4.69) is 23.4 Å². The Morgan fingerprint density at radius 3 is 2.79 bits per heavy atom. The van der Waals surface area contributed by atoms with Crippen LogP contribution in [0, 0.1) is 0 Å². The Kier molecular flexibility index (Phi) is 6.92. The third-order valence-electron chi connectivity index (χ3n) is 2.99. The number of carbonyl (C=O) groups excluding carboxylic acids is 1.